The van der Waals surface area contributed by atoms with Crippen LogP contribution >= 0.6 is 24.0 Å². The van der Waals surface area contributed by atoms with E-state index < -0.39 is 0 Å². The zero-order valence-corrected chi connectivity index (χ0v) is 15.2. The molecule has 0 bridgehead atoms. The Morgan fingerprint density at radius 2 is 1.74 bits per heavy atom. The van der Waals surface area contributed by atoms with Crippen LogP contribution in [0.4, 0.5) is 0 Å². The number of amides is 1. The molecule has 1 N–H and O–H groups in total. The Morgan fingerprint density at radius 1 is 1.13 bits per heavy atom. The van der Waals surface area contributed by atoms with Crippen LogP contribution in [-0.2, 0) is 11.3 Å². The number of allylic oxidation sites excluding steroid dienone is 3. The number of thioether (sulfide) groups is 1. The summed E-state index contributed by atoms with van der Waals surface area (Å²) in [6.07, 6.45) is 10.7. The maximum Gasteiger partial charge on any atom is 0.264 e. The van der Waals surface area contributed by atoms with Gasteiger partial charge in [-0.1, -0.05) is 61.6 Å². The lowest BCUT2D eigenvalue weighted by Crippen LogP contribution is -2.18. The monoisotopic (exact) mass is 344 g/mol. The maximum atomic E-state index is 12.0. The van der Waals surface area contributed by atoms with Gasteiger partial charge in [0.15, 0.2) is 0 Å². The third kappa shape index (κ3) is 2.95. The molecule has 1 aromatic heterocycles. The van der Waals surface area contributed by atoms with Gasteiger partial charge in [0.2, 0.25) is 0 Å². The number of hydrogen-bond acceptors (Lipinski definition) is 3. The summed E-state index contributed by atoms with van der Waals surface area (Å²) < 4.78 is 2.92. The minimum atomic E-state index is -0.0997. The van der Waals surface area contributed by atoms with E-state index in [4.69, 9.17) is 12.2 Å². The van der Waals surface area contributed by atoms with Crippen molar-refractivity contribution in [1.82, 2.24) is 9.88 Å². The van der Waals surface area contributed by atoms with Crippen molar-refractivity contribution in [2.45, 2.75) is 40.2 Å². The molecular formula is C18H20N2OS2. The predicted molar refractivity (Wildman–Crippen MR) is 102 cm³/mol. The van der Waals surface area contributed by atoms with Crippen molar-refractivity contribution in [3.63, 3.8) is 0 Å². The van der Waals surface area contributed by atoms with Crippen molar-refractivity contribution in [2.24, 2.45) is 0 Å². The number of nitrogens with zero attached hydrogens (tertiary/aromatic N) is 1. The summed E-state index contributed by atoms with van der Waals surface area (Å²) in [4.78, 5) is 12.6. The van der Waals surface area contributed by atoms with Gasteiger partial charge in [0.1, 0.15) is 4.32 Å². The second kappa shape index (κ2) is 6.49. The fraction of sp³-hybridized carbons (Fsp3) is 0.333. The van der Waals surface area contributed by atoms with E-state index in [2.05, 4.69) is 42.8 Å². The summed E-state index contributed by atoms with van der Waals surface area (Å²) in [5.74, 6) is -0.0997. The molecule has 3 nitrogen and oxygen atoms in total. The number of hydrogen-bond donors (Lipinski definition) is 1. The summed E-state index contributed by atoms with van der Waals surface area (Å²) in [6.45, 7) is 7.61. The molecule has 23 heavy (non-hydrogen) atoms. The van der Waals surface area contributed by atoms with Gasteiger partial charge in [0, 0.05) is 29.1 Å². The van der Waals surface area contributed by atoms with E-state index in [1.54, 1.807) is 0 Å². The molecule has 1 aliphatic heterocycles. The van der Waals surface area contributed by atoms with Gasteiger partial charge in [0.25, 0.3) is 5.91 Å². The summed E-state index contributed by atoms with van der Waals surface area (Å²) in [7, 11) is 0. The smallest absolute Gasteiger partial charge is 0.264 e. The summed E-state index contributed by atoms with van der Waals surface area (Å²) in [5, 5.41) is 2.68. The molecule has 3 rings (SSSR count). The molecule has 0 saturated carbocycles. The van der Waals surface area contributed by atoms with E-state index in [-0.39, 0.29) is 5.91 Å². The summed E-state index contributed by atoms with van der Waals surface area (Å²) >= 11 is 6.41. The summed E-state index contributed by atoms with van der Waals surface area (Å²) in [6, 6.07) is 0. The number of nitrogens with one attached hydrogen (secondary N) is 1. The molecule has 2 aliphatic rings. The predicted octanol–water partition coefficient (Wildman–Crippen LogP) is 4.35. The topological polar surface area (TPSA) is 34.0 Å². The maximum absolute atomic E-state index is 12.0. The Labute approximate surface area is 146 Å². The van der Waals surface area contributed by atoms with Crippen LogP contribution in [0.3, 0.4) is 0 Å². The Morgan fingerprint density at radius 3 is 2.22 bits per heavy atom. The molecule has 0 unspecified atom stereocenters. The summed E-state index contributed by atoms with van der Waals surface area (Å²) in [5.41, 5.74) is 5.99. The van der Waals surface area contributed by atoms with Gasteiger partial charge in [-0.05, 0) is 25.8 Å². The van der Waals surface area contributed by atoms with E-state index in [0.717, 1.165) is 12.1 Å². The first-order valence-corrected chi connectivity index (χ1v) is 9.08. The van der Waals surface area contributed by atoms with Crippen LogP contribution in [0.5, 0.6) is 0 Å². The molecule has 120 valence electrons. The Bertz CT molecular complexity index is 742. The fourth-order valence-corrected chi connectivity index (χ4v) is 4.13. The van der Waals surface area contributed by atoms with Crippen LogP contribution in [0.15, 0.2) is 22.6 Å². The van der Waals surface area contributed by atoms with E-state index in [0.29, 0.717) is 9.23 Å². The Balaban J connectivity index is 2.01. The molecule has 1 aliphatic carbocycles. The van der Waals surface area contributed by atoms with E-state index in [9.17, 15) is 4.79 Å². The van der Waals surface area contributed by atoms with Gasteiger partial charge in [-0.3, -0.25) is 4.79 Å². The van der Waals surface area contributed by atoms with Crippen molar-refractivity contribution in [3.8, 4) is 0 Å². The molecule has 0 radical (unpaired) electrons. The van der Waals surface area contributed by atoms with Gasteiger partial charge in [-0.15, -0.1) is 0 Å². The van der Waals surface area contributed by atoms with Crippen LogP contribution < -0.4 is 5.32 Å². The van der Waals surface area contributed by atoms with Gasteiger partial charge in [0.05, 0.1) is 4.91 Å². The normalized spacial score (nSPS) is 16.8. The molecule has 0 aromatic carbocycles. The van der Waals surface area contributed by atoms with Crippen molar-refractivity contribution in [1.29, 1.82) is 0 Å². The number of thiocarbonyl (C=S) groups is 1. The van der Waals surface area contributed by atoms with Crippen molar-refractivity contribution >= 4 is 46.4 Å². The number of fused-ring (bicyclic) bond motifs is 1. The second-order valence-electron chi connectivity index (χ2n) is 5.80. The Hall–Kier alpha value is -1.59. The second-order valence-corrected chi connectivity index (χ2v) is 7.49. The van der Waals surface area contributed by atoms with Crippen LogP contribution in [0.25, 0.3) is 12.2 Å². The molecule has 1 amide bonds. The highest BCUT2D eigenvalue weighted by Crippen LogP contribution is 2.33. The lowest BCUT2D eigenvalue weighted by molar-refractivity contribution is -0.115. The lowest BCUT2D eigenvalue weighted by Gasteiger charge is -2.08. The number of aromatic nitrogens is 1. The largest absolute Gasteiger partial charge is 0.348 e. The first-order chi connectivity index (χ1) is 11.0. The van der Waals surface area contributed by atoms with Crippen LogP contribution in [-0.4, -0.2) is 14.8 Å². The zero-order chi connectivity index (χ0) is 16.6. The van der Waals surface area contributed by atoms with Gasteiger partial charge < -0.3 is 9.88 Å². The first kappa shape index (κ1) is 16.3. The minimum absolute atomic E-state index is 0.0997. The number of carbonyl (C=O) groups excluding carboxylic acids is 1. The lowest BCUT2D eigenvalue weighted by atomic mass is 10.1. The third-order valence-electron chi connectivity index (χ3n) is 4.35. The average Bonchev–Trinajstić information content (AvgIpc) is 2.86. The standard InChI is InChI=1S/C18H20N2OS2/c1-4-5-10-20-11(2)14-8-6-13(7-9-15(14)12(20)3)16-17(21)19-18(22)23-16/h6-9H,4-5,10H2,1-3H3,(H,19,21,22). The highest BCUT2D eigenvalue weighted by Gasteiger charge is 2.25. The highest BCUT2D eigenvalue weighted by molar-refractivity contribution is 8.26. The van der Waals surface area contributed by atoms with Gasteiger partial charge in [-0.2, -0.15) is 0 Å². The van der Waals surface area contributed by atoms with Gasteiger partial charge in [-0.25, -0.2) is 0 Å². The quantitative estimate of drug-likeness (QED) is 0.654. The molecule has 1 saturated heterocycles. The van der Waals surface area contributed by atoms with Crippen molar-refractivity contribution < 1.29 is 4.79 Å². The van der Waals surface area contributed by atoms with Crippen LogP contribution in [0.2, 0.25) is 0 Å². The fourth-order valence-electron chi connectivity index (χ4n) is 3.06. The first-order valence-electron chi connectivity index (χ1n) is 7.86. The molecular weight excluding hydrogens is 324 g/mol. The Kier molecular flexibility index (Phi) is 4.60. The SMILES string of the molecule is CCCCn1c(C)c2c(c1C)C=CC(=C1SC(=S)NC1=O)C=C2. The highest BCUT2D eigenvalue weighted by atomic mass is 32.2. The molecule has 0 atom stereocenters. The van der Waals surface area contributed by atoms with E-state index >= 15 is 0 Å². The average molecular weight is 345 g/mol. The third-order valence-corrected chi connectivity index (χ3v) is 5.62. The number of rotatable bonds is 3. The zero-order valence-electron chi connectivity index (χ0n) is 13.6. The molecule has 1 fully saturated rings. The van der Waals surface area contributed by atoms with Crippen LogP contribution in [0.1, 0.15) is 42.3 Å². The molecule has 2 heterocycles. The minimum Gasteiger partial charge on any atom is -0.348 e. The van der Waals surface area contributed by atoms with E-state index in [1.807, 2.05) is 12.2 Å². The number of unbranched alkanes of at least 4 members (excludes halogenated alkanes) is 1. The molecule has 1 aromatic rings. The van der Waals surface area contributed by atoms with Gasteiger partial charge >= 0.3 is 0 Å². The molecule has 5 heteroatoms. The van der Waals surface area contributed by atoms with E-state index in [1.165, 1.54) is 47.1 Å². The number of carbonyl (C=O) groups is 1. The van der Waals surface area contributed by atoms with Crippen LogP contribution in [0, 0.1) is 13.8 Å². The molecule has 0 spiro atoms. The van der Waals surface area contributed by atoms with Crippen molar-refractivity contribution in [2.75, 3.05) is 0 Å². The van der Waals surface area contributed by atoms with Crippen molar-refractivity contribution in [3.05, 3.63) is 45.1 Å².